The number of carbonyl (C=O) groups excluding carboxylic acids is 4. The van der Waals surface area contributed by atoms with Crippen LogP contribution < -0.4 is 15.8 Å². The SMILES string of the molecule is Nc1ncnc2c1c(-c1ccc(Oc3ccccc3)cc1)nn2C1CCN(Cc2cc(F)c3c(c2)C(=O)N([C@H]2CCC(=O)NC2=O)C3=O)CC1. The third kappa shape index (κ3) is 5.52. The third-order valence-corrected chi connectivity index (χ3v) is 9.49. The zero-order valence-corrected chi connectivity index (χ0v) is 26.7. The van der Waals surface area contributed by atoms with E-state index in [1.165, 1.54) is 18.5 Å². The van der Waals surface area contributed by atoms with Crippen LogP contribution in [0.1, 0.15) is 58.0 Å². The standard InChI is InChI=1S/C36H31FN8O5/c37-26-17-20(16-25-29(26)36(49)44(35(25)48)27-10-11-28(46)41-34(27)47)18-43-14-12-22(13-15-43)45-33-30(32(38)39-19-40-33)31(42-45)21-6-8-24(9-7-21)50-23-4-2-1-3-5-23/h1-9,16-17,19,22,27H,10-15,18H2,(H2,38,39,40)(H,41,46,47)/t27-/m0/s1. The number of benzene rings is 3. The Kier molecular flexibility index (Phi) is 7.79. The van der Waals surface area contributed by atoms with E-state index in [1.54, 1.807) is 0 Å². The van der Waals surface area contributed by atoms with Crippen LogP contribution in [0.4, 0.5) is 10.2 Å². The number of nitrogen functional groups attached to an aromatic ring is 1. The van der Waals surface area contributed by atoms with Crippen molar-refractivity contribution in [2.24, 2.45) is 0 Å². The molecule has 3 aliphatic heterocycles. The summed E-state index contributed by atoms with van der Waals surface area (Å²) in [5.41, 5.74) is 8.64. The third-order valence-electron chi connectivity index (χ3n) is 9.49. The first-order valence-electron chi connectivity index (χ1n) is 16.3. The molecule has 13 nitrogen and oxygen atoms in total. The van der Waals surface area contributed by atoms with Crippen LogP contribution in [-0.2, 0) is 16.1 Å². The number of nitrogens with zero attached hydrogens (tertiary/aromatic N) is 6. The molecule has 0 radical (unpaired) electrons. The number of amides is 4. The molecule has 0 spiro atoms. The van der Waals surface area contributed by atoms with E-state index in [0.29, 0.717) is 53.5 Å². The molecule has 4 amide bonds. The Morgan fingerprint density at radius 3 is 2.38 bits per heavy atom. The number of nitrogens with one attached hydrogen (secondary N) is 1. The van der Waals surface area contributed by atoms with Crippen LogP contribution in [-0.4, -0.2) is 72.3 Å². The van der Waals surface area contributed by atoms with Crippen molar-refractivity contribution in [1.29, 1.82) is 0 Å². The molecular weight excluding hydrogens is 643 g/mol. The van der Waals surface area contributed by atoms with Gasteiger partial charge in [0.25, 0.3) is 11.8 Å². The van der Waals surface area contributed by atoms with Gasteiger partial charge in [-0.15, -0.1) is 0 Å². The van der Waals surface area contributed by atoms with Crippen molar-refractivity contribution in [3.63, 3.8) is 0 Å². The molecule has 252 valence electrons. The zero-order valence-electron chi connectivity index (χ0n) is 26.7. The molecule has 0 saturated carbocycles. The smallest absolute Gasteiger partial charge is 0.265 e. The van der Waals surface area contributed by atoms with Crippen molar-refractivity contribution < 1.29 is 28.3 Å². The van der Waals surface area contributed by atoms with Crippen molar-refractivity contribution in [1.82, 2.24) is 34.9 Å². The molecule has 14 heteroatoms. The number of hydrogen-bond acceptors (Lipinski definition) is 10. The molecule has 2 fully saturated rings. The second kappa shape index (κ2) is 12.5. The Hall–Kier alpha value is -6.02. The van der Waals surface area contributed by atoms with Crippen LogP contribution in [0.5, 0.6) is 11.5 Å². The molecule has 0 unspecified atom stereocenters. The van der Waals surface area contributed by atoms with Gasteiger partial charge in [-0.2, -0.15) is 5.10 Å². The van der Waals surface area contributed by atoms with E-state index in [0.717, 1.165) is 29.1 Å². The van der Waals surface area contributed by atoms with Crippen LogP contribution in [0, 0.1) is 5.82 Å². The second-order valence-corrected chi connectivity index (χ2v) is 12.6. The molecule has 1 atom stereocenters. The molecule has 5 aromatic rings. The molecule has 2 aromatic heterocycles. The highest BCUT2D eigenvalue weighted by Gasteiger charge is 2.46. The lowest BCUT2D eigenvalue weighted by Gasteiger charge is -2.32. The van der Waals surface area contributed by atoms with E-state index in [2.05, 4.69) is 20.2 Å². The van der Waals surface area contributed by atoms with Crippen molar-refractivity contribution in [3.05, 3.63) is 95.6 Å². The summed E-state index contributed by atoms with van der Waals surface area (Å²) in [5, 5.41) is 7.82. The molecule has 8 rings (SSSR count). The maximum absolute atomic E-state index is 15.3. The number of likely N-dealkylation sites (tertiary alicyclic amines) is 1. The summed E-state index contributed by atoms with van der Waals surface area (Å²) in [4.78, 5) is 62.1. The largest absolute Gasteiger partial charge is 0.457 e. The summed E-state index contributed by atoms with van der Waals surface area (Å²) in [6.45, 7) is 1.66. The van der Waals surface area contributed by atoms with Crippen molar-refractivity contribution in [3.8, 4) is 22.8 Å². The Labute approximate surface area is 284 Å². The number of halogens is 1. The molecule has 3 aromatic carbocycles. The Balaban J connectivity index is 0.977. The average Bonchev–Trinajstić information content (AvgIpc) is 3.62. The number of rotatable bonds is 7. The molecule has 2 saturated heterocycles. The van der Waals surface area contributed by atoms with Gasteiger partial charge in [-0.1, -0.05) is 18.2 Å². The normalized spacial score (nSPS) is 18.5. The fourth-order valence-electron chi connectivity index (χ4n) is 7.03. The van der Waals surface area contributed by atoms with Crippen LogP contribution in [0.3, 0.4) is 0 Å². The minimum absolute atomic E-state index is 0.00120. The number of fused-ring (bicyclic) bond motifs is 2. The van der Waals surface area contributed by atoms with Crippen molar-refractivity contribution in [2.75, 3.05) is 18.8 Å². The van der Waals surface area contributed by atoms with Gasteiger partial charge in [0.2, 0.25) is 11.8 Å². The van der Waals surface area contributed by atoms with E-state index in [1.807, 2.05) is 59.3 Å². The average molecular weight is 675 g/mol. The number of ether oxygens (including phenoxy) is 1. The van der Waals surface area contributed by atoms with Gasteiger partial charge in [0.1, 0.15) is 41.2 Å². The van der Waals surface area contributed by atoms with Crippen molar-refractivity contribution in [2.45, 2.75) is 44.3 Å². The number of nitrogens with two attached hydrogens (primary N) is 1. The van der Waals surface area contributed by atoms with Crippen LogP contribution in [0.15, 0.2) is 73.1 Å². The predicted octanol–water partition coefficient (Wildman–Crippen LogP) is 4.25. The van der Waals surface area contributed by atoms with Gasteiger partial charge < -0.3 is 10.5 Å². The summed E-state index contributed by atoms with van der Waals surface area (Å²) in [7, 11) is 0. The molecule has 3 aliphatic rings. The number of imide groups is 2. The fourth-order valence-corrected chi connectivity index (χ4v) is 7.03. The number of anilines is 1. The monoisotopic (exact) mass is 674 g/mol. The maximum Gasteiger partial charge on any atom is 0.265 e. The topological polar surface area (TPSA) is 166 Å². The lowest BCUT2D eigenvalue weighted by molar-refractivity contribution is -0.136. The maximum atomic E-state index is 15.3. The van der Waals surface area contributed by atoms with E-state index < -0.39 is 35.5 Å². The van der Waals surface area contributed by atoms with Crippen LogP contribution >= 0.6 is 0 Å². The van der Waals surface area contributed by atoms with Gasteiger partial charge in [-0.3, -0.25) is 34.3 Å². The summed E-state index contributed by atoms with van der Waals surface area (Å²) in [6, 6.07) is 18.8. The number of hydrogen-bond donors (Lipinski definition) is 2. The number of aromatic nitrogens is 4. The quantitative estimate of drug-likeness (QED) is 0.239. The molecule has 0 aliphatic carbocycles. The van der Waals surface area contributed by atoms with Crippen LogP contribution in [0.2, 0.25) is 0 Å². The van der Waals surface area contributed by atoms with E-state index in [-0.39, 0.29) is 30.0 Å². The lowest BCUT2D eigenvalue weighted by atomic mass is 10.0. The Morgan fingerprint density at radius 2 is 1.64 bits per heavy atom. The van der Waals surface area contributed by atoms with Gasteiger partial charge in [0.05, 0.1) is 22.6 Å². The first-order chi connectivity index (χ1) is 24.2. The molecule has 5 heterocycles. The summed E-state index contributed by atoms with van der Waals surface area (Å²) in [5.74, 6) is -1.87. The zero-order chi connectivity index (χ0) is 34.5. The Morgan fingerprint density at radius 1 is 0.900 bits per heavy atom. The fraction of sp³-hybridized carbons (Fsp3) is 0.250. The number of para-hydroxylation sites is 1. The van der Waals surface area contributed by atoms with Gasteiger partial charge in [-0.25, -0.2) is 19.0 Å². The summed E-state index contributed by atoms with van der Waals surface area (Å²) < 4.78 is 23.2. The lowest BCUT2D eigenvalue weighted by Crippen LogP contribution is -2.54. The Bertz CT molecular complexity index is 2180. The van der Waals surface area contributed by atoms with E-state index in [9.17, 15) is 19.2 Å². The molecule has 0 bridgehead atoms. The highest BCUT2D eigenvalue weighted by atomic mass is 19.1. The second-order valence-electron chi connectivity index (χ2n) is 12.6. The van der Waals surface area contributed by atoms with Gasteiger partial charge >= 0.3 is 0 Å². The first kappa shape index (κ1) is 31.3. The van der Waals surface area contributed by atoms with Crippen molar-refractivity contribution >= 4 is 40.5 Å². The molecule has 3 N–H and O–H groups in total. The van der Waals surface area contributed by atoms with E-state index >= 15 is 4.39 Å². The molecule has 50 heavy (non-hydrogen) atoms. The van der Waals surface area contributed by atoms with Gasteiger partial charge in [0.15, 0.2) is 5.65 Å². The highest BCUT2D eigenvalue weighted by Crippen LogP contribution is 2.36. The van der Waals surface area contributed by atoms with Crippen LogP contribution in [0.25, 0.3) is 22.3 Å². The van der Waals surface area contributed by atoms with Gasteiger partial charge in [0, 0.05) is 31.6 Å². The number of carbonyl (C=O) groups is 4. The molecular formula is C36H31FN8O5. The predicted molar refractivity (Wildman–Crippen MR) is 178 cm³/mol. The van der Waals surface area contributed by atoms with E-state index in [4.69, 9.17) is 15.6 Å². The number of piperidine rings is 2. The first-order valence-corrected chi connectivity index (χ1v) is 16.3. The minimum atomic E-state index is -1.16. The summed E-state index contributed by atoms with van der Waals surface area (Å²) in [6.07, 6.45) is 2.86. The minimum Gasteiger partial charge on any atom is -0.457 e. The summed E-state index contributed by atoms with van der Waals surface area (Å²) >= 11 is 0. The highest BCUT2D eigenvalue weighted by molar-refractivity contribution is 6.23. The van der Waals surface area contributed by atoms with Gasteiger partial charge in [-0.05, 0) is 73.4 Å².